The monoisotopic (exact) mass is 271 g/mol. The smallest absolute Gasteiger partial charge is 0.250 e. The van der Waals surface area contributed by atoms with E-state index in [0.29, 0.717) is 0 Å². The summed E-state index contributed by atoms with van der Waals surface area (Å²) in [5.74, 6) is -2.22. The topological polar surface area (TPSA) is 42.4 Å². The molecule has 0 fully saturated rings. The van der Waals surface area contributed by atoms with Gasteiger partial charge in [0.15, 0.2) is 5.82 Å². The molecule has 0 bridgehead atoms. The maximum atomic E-state index is 13.9. The summed E-state index contributed by atoms with van der Waals surface area (Å²) in [5.41, 5.74) is -0.114. The van der Waals surface area contributed by atoms with Crippen LogP contribution >= 0.6 is 11.6 Å². The van der Waals surface area contributed by atoms with E-state index in [0.717, 1.165) is 12.1 Å². The first-order chi connectivity index (χ1) is 8.54. The summed E-state index contributed by atoms with van der Waals surface area (Å²) in [6.07, 6.45) is 1.29. The molecule has 0 amide bonds. The first-order valence-corrected chi connectivity index (χ1v) is 5.29. The Morgan fingerprint density at radius 2 is 2.00 bits per heavy atom. The molecule has 94 valence electrons. The van der Waals surface area contributed by atoms with Gasteiger partial charge in [-0.25, -0.2) is 13.8 Å². The number of hydrogen-bond donors (Lipinski definition) is 1. The van der Waals surface area contributed by atoms with Crippen molar-refractivity contribution in [2.45, 2.75) is 0 Å². The summed E-state index contributed by atoms with van der Waals surface area (Å²) >= 11 is 5.68. The van der Waals surface area contributed by atoms with Crippen LogP contribution in [0.1, 0.15) is 0 Å². The molecule has 0 saturated heterocycles. The van der Waals surface area contributed by atoms with Crippen molar-refractivity contribution in [2.24, 2.45) is 0 Å². The van der Waals surface area contributed by atoms with Gasteiger partial charge >= 0.3 is 0 Å². The van der Waals surface area contributed by atoms with E-state index in [4.69, 9.17) is 16.3 Å². The summed E-state index contributed by atoms with van der Waals surface area (Å²) in [6, 6.07) is 3.26. The Bertz CT molecular complexity index is 605. The lowest BCUT2D eigenvalue weighted by Gasteiger charge is -2.08. The highest BCUT2D eigenvalue weighted by atomic mass is 35.5. The Hall–Kier alpha value is -1.88. The Morgan fingerprint density at radius 1 is 1.28 bits per heavy atom. The fourth-order valence-electron chi connectivity index (χ4n) is 1.52. The lowest BCUT2D eigenvalue weighted by atomic mass is 10.1. The second-order valence-corrected chi connectivity index (χ2v) is 3.87. The molecule has 0 spiro atoms. The molecule has 1 aromatic heterocycles. The molecule has 0 aliphatic heterocycles. The quantitative estimate of drug-likeness (QED) is 0.910. The molecule has 1 heterocycles. The molecule has 2 aromatic rings. The predicted molar refractivity (Wildman–Crippen MR) is 62.8 cm³/mol. The lowest BCUT2D eigenvalue weighted by Crippen LogP contribution is -1.96. The predicted octanol–water partition coefficient (Wildman–Crippen LogP) is 3.39. The number of aromatic hydroxyl groups is 1. The van der Waals surface area contributed by atoms with Crippen molar-refractivity contribution in [3.05, 3.63) is 41.1 Å². The van der Waals surface area contributed by atoms with Gasteiger partial charge in [-0.05, 0) is 12.1 Å². The molecule has 6 heteroatoms. The molecule has 0 saturated carbocycles. The number of benzene rings is 1. The maximum Gasteiger partial charge on any atom is 0.250 e. The molecule has 1 aromatic carbocycles. The Balaban J connectivity index is 2.66. The average Bonchev–Trinajstić information content (AvgIpc) is 2.34. The van der Waals surface area contributed by atoms with E-state index in [9.17, 15) is 13.9 Å². The van der Waals surface area contributed by atoms with E-state index in [1.165, 1.54) is 19.4 Å². The molecular formula is C12H8ClF2NO2. The van der Waals surface area contributed by atoms with Crippen LogP contribution in [0.5, 0.6) is 11.6 Å². The maximum absolute atomic E-state index is 13.9. The van der Waals surface area contributed by atoms with Gasteiger partial charge in [-0.3, -0.25) is 0 Å². The van der Waals surface area contributed by atoms with Crippen LogP contribution in [0.3, 0.4) is 0 Å². The zero-order chi connectivity index (χ0) is 13.3. The van der Waals surface area contributed by atoms with Crippen molar-refractivity contribution < 1.29 is 18.6 Å². The molecule has 0 aliphatic rings. The van der Waals surface area contributed by atoms with Gasteiger partial charge < -0.3 is 9.84 Å². The lowest BCUT2D eigenvalue weighted by molar-refractivity contribution is 0.370. The molecule has 0 radical (unpaired) electrons. The third-order valence-electron chi connectivity index (χ3n) is 2.38. The molecular weight excluding hydrogens is 264 g/mol. The van der Waals surface area contributed by atoms with Gasteiger partial charge in [-0.1, -0.05) is 11.6 Å². The average molecular weight is 272 g/mol. The summed E-state index contributed by atoms with van der Waals surface area (Å²) in [6.45, 7) is 0. The van der Waals surface area contributed by atoms with Crippen molar-refractivity contribution in [3.63, 3.8) is 0 Å². The van der Waals surface area contributed by atoms with Gasteiger partial charge in [-0.15, -0.1) is 0 Å². The molecule has 2 rings (SSSR count). The third kappa shape index (κ3) is 2.09. The number of nitrogens with zero attached hydrogens (tertiary/aromatic N) is 1. The summed E-state index contributed by atoms with van der Waals surface area (Å²) in [5, 5.41) is 9.17. The highest BCUT2D eigenvalue weighted by Gasteiger charge is 2.16. The molecule has 0 aliphatic carbocycles. The number of rotatable bonds is 2. The fourth-order valence-corrected chi connectivity index (χ4v) is 1.68. The van der Waals surface area contributed by atoms with Crippen LogP contribution in [0.15, 0.2) is 24.4 Å². The Kier molecular flexibility index (Phi) is 3.34. The zero-order valence-corrected chi connectivity index (χ0v) is 10.0. The van der Waals surface area contributed by atoms with Crippen molar-refractivity contribution in [1.82, 2.24) is 4.98 Å². The number of hydrogen-bond acceptors (Lipinski definition) is 3. The van der Waals surface area contributed by atoms with Gasteiger partial charge in [0.1, 0.15) is 11.6 Å². The van der Waals surface area contributed by atoms with Crippen molar-refractivity contribution in [1.29, 1.82) is 0 Å². The first-order valence-electron chi connectivity index (χ1n) is 4.91. The largest absolute Gasteiger partial charge is 0.506 e. The number of aromatic nitrogens is 1. The van der Waals surface area contributed by atoms with Gasteiger partial charge in [-0.2, -0.15) is 0 Å². The van der Waals surface area contributed by atoms with E-state index in [1.807, 2.05) is 0 Å². The van der Waals surface area contributed by atoms with Crippen molar-refractivity contribution in [3.8, 4) is 22.8 Å². The van der Waals surface area contributed by atoms with Crippen LogP contribution in [-0.2, 0) is 0 Å². The van der Waals surface area contributed by atoms with Gasteiger partial charge in [0.25, 0.3) is 5.88 Å². The minimum absolute atomic E-state index is 0.0405. The van der Waals surface area contributed by atoms with Gasteiger partial charge in [0, 0.05) is 23.4 Å². The van der Waals surface area contributed by atoms with E-state index in [1.54, 1.807) is 0 Å². The van der Waals surface area contributed by atoms with Crippen molar-refractivity contribution >= 4 is 11.6 Å². The van der Waals surface area contributed by atoms with Crippen LogP contribution < -0.4 is 4.74 Å². The van der Waals surface area contributed by atoms with Crippen LogP contribution in [-0.4, -0.2) is 17.2 Å². The van der Waals surface area contributed by atoms with Crippen LogP contribution in [0.4, 0.5) is 8.78 Å². The highest BCUT2D eigenvalue weighted by molar-refractivity contribution is 6.32. The van der Waals surface area contributed by atoms with Crippen LogP contribution in [0, 0.1) is 11.6 Å². The molecule has 0 unspecified atom stereocenters. The second-order valence-electron chi connectivity index (χ2n) is 3.47. The second kappa shape index (κ2) is 4.78. The van der Waals surface area contributed by atoms with E-state index in [2.05, 4.69) is 4.98 Å². The number of phenols is 1. The molecule has 1 N–H and O–H groups in total. The highest BCUT2D eigenvalue weighted by Crippen LogP contribution is 2.34. The van der Waals surface area contributed by atoms with Gasteiger partial charge in [0.2, 0.25) is 0 Å². The summed E-state index contributed by atoms with van der Waals surface area (Å²) in [4.78, 5) is 3.65. The Morgan fingerprint density at radius 3 is 2.67 bits per heavy atom. The van der Waals surface area contributed by atoms with Crippen LogP contribution in [0.25, 0.3) is 11.1 Å². The van der Waals surface area contributed by atoms with Crippen molar-refractivity contribution in [2.75, 3.05) is 7.11 Å². The molecule has 0 atom stereocenters. The van der Waals surface area contributed by atoms with Crippen LogP contribution in [0.2, 0.25) is 5.02 Å². The molecule has 3 nitrogen and oxygen atoms in total. The SMILES string of the molecule is COc1nccc(-c2cc(Cl)c(O)cc2F)c1F. The normalized spacial score (nSPS) is 10.4. The number of methoxy groups -OCH3 is 1. The number of pyridine rings is 1. The van der Waals surface area contributed by atoms with E-state index in [-0.39, 0.29) is 22.0 Å². The fraction of sp³-hybridized carbons (Fsp3) is 0.0833. The van der Waals surface area contributed by atoms with E-state index < -0.39 is 17.4 Å². The summed E-state index contributed by atoms with van der Waals surface area (Å²) < 4.78 is 32.3. The minimum Gasteiger partial charge on any atom is -0.506 e. The number of halogens is 3. The first kappa shape index (κ1) is 12.6. The number of phenolic OH excluding ortho intramolecular Hbond substituents is 1. The Labute approximate surface area is 107 Å². The standard InChI is InChI=1S/C12H8ClF2NO2/c1-18-12-11(15)6(2-3-16-12)7-4-8(13)10(17)5-9(7)14/h2-5,17H,1H3. The summed E-state index contributed by atoms with van der Waals surface area (Å²) in [7, 11) is 1.26. The number of ether oxygens (including phenoxy) is 1. The van der Waals surface area contributed by atoms with E-state index >= 15 is 0 Å². The third-order valence-corrected chi connectivity index (χ3v) is 2.68. The molecule has 18 heavy (non-hydrogen) atoms. The zero-order valence-electron chi connectivity index (χ0n) is 9.25. The minimum atomic E-state index is -0.791. The van der Waals surface area contributed by atoms with Gasteiger partial charge in [0.05, 0.1) is 12.1 Å².